The van der Waals surface area contributed by atoms with Gasteiger partial charge < -0.3 is 31.9 Å². The van der Waals surface area contributed by atoms with Crippen molar-refractivity contribution in [3.63, 3.8) is 0 Å². The van der Waals surface area contributed by atoms with Crippen LogP contribution in [0.4, 0.5) is 11.4 Å². The molecule has 254 valence electrons. The molecular weight excluding hydrogens is 628 g/mol. The first kappa shape index (κ1) is 34.1. The lowest BCUT2D eigenvalue weighted by atomic mass is 10.1. The topological polar surface area (TPSA) is 151 Å². The molecule has 6 N–H and O–H groups in total. The van der Waals surface area contributed by atoms with E-state index < -0.39 is 24.2 Å². The van der Waals surface area contributed by atoms with Crippen LogP contribution in [0.5, 0.6) is 0 Å². The lowest BCUT2D eigenvalue weighted by molar-refractivity contribution is -0.138. The molecule has 4 aromatic carbocycles. The van der Waals surface area contributed by atoms with Crippen molar-refractivity contribution in [3.8, 4) is 11.8 Å². The molecule has 0 aliphatic carbocycles. The van der Waals surface area contributed by atoms with Crippen LogP contribution in [0.3, 0.4) is 0 Å². The van der Waals surface area contributed by atoms with Crippen LogP contribution in [0, 0.1) is 11.8 Å². The molecule has 10 nitrogen and oxygen atoms in total. The minimum absolute atomic E-state index is 0.245. The fourth-order valence-corrected chi connectivity index (χ4v) is 6.44. The zero-order chi connectivity index (χ0) is 35.0. The van der Waals surface area contributed by atoms with Crippen LogP contribution in [0.25, 0.3) is 0 Å². The summed E-state index contributed by atoms with van der Waals surface area (Å²) in [6, 6.07) is 29.9. The van der Waals surface area contributed by atoms with E-state index in [1.807, 2.05) is 84.9 Å². The third kappa shape index (κ3) is 7.92. The van der Waals surface area contributed by atoms with Gasteiger partial charge in [0.05, 0.1) is 0 Å². The highest BCUT2D eigenvalue weighted by Gasteiger charge is 2.37. The zero-order valence-corrected chi connectivity index (χ0v) is 27.6. The van der Waals surface area contributed by atoms with E-state index in [4.69, 9.17) is 11.5 Å². The highest BCUT2D eigenvalue weighted by atomic mass is 16.2. The van der Waals surface area contributed by atoms with Crippen LogP contribution in [-0.2, 0) is 19.2 Å². The highest BCUT2D eigenvalue weighted by molar-refractivity contribution is 5.99. The molecule has 4 amide bonds. The predicted octanol–water partition coefficient (Wildman–Crippen LogP) is 4.35. The van der Waals surface area contributed by atoms with Crippen molar-refractivity contribution in [1.29, 1.82) is 0 Å². The van der Waals surface area contributed by atoms with Crippen molar-refractivity contribution in [2.45, 2.75) is 49.9 Å². The Balaban J connectivity index is 1.01. The van der Waals surface area contributed by atoms with Gasteiger partial charge in [-0.15, -0.1) is 0 Å². The van der Waals surface area contributed by atoms with Crippen LogP contribution < -0.4 is 22.1 Å². The number of amides is 4. The zero-order valence-electron chi connectivity index (χ0n) is 27.6. The Morgan fingerprint density at radius 2 is 0.920 bits per heavy atom. The minimum atomic E-state index is -0.817. The summed E-state index contributed by atoms with van der Waals surface area (Å²) in [4.78, 5) is 55.7. The first-order valence-electron chi connectivity index (χ1n) is 16.8. The summed E-state index contributed by atoms with van der Waals surface area (Å²) < 4.78 is 0. The minimum Gasteiger partial charge on any atom is -0.329 e. The summed E-state index contributed by atoms with van der Waals surface area (Å²) in [7, 11) is 0. The number of anilines is 2. The standard InChI is InChI=1S/C40H40N6O4/c41-35(29-9-3-1-4-10-29)39(49)45-25-7-13-33(45)37(47)43-31-21-17-27(18-22-31)15-16-28-19-23-32(24-20-28)44-38(48)34-14-8-26-46(34)40(50)36(42)30-11-5-2-6-12-30/h1-6,9-12,17-24,33-36H,7-8,13-14,25-26,41-42H2,(H,43,47)(H,44,48)/t33-,34-,35+,36+/m0/s1. The Hall–Kier alpha value is -5.76. The fourth-order valence-electron chi connectivity index (χ4n) is 6.44. The molecular formula is C40H40N6O4. The first-order chi connectivity index (χ1) is 24.3. The molecule has 10 heteroatoms. The number of hydrogen-bond acceptors (Lipinski definition) is 6. The molecule has 2 aliphatic heterocycles. The average molecular weight is 669 g/mol. The number of nitrogens with one attached hydrogen (secondary N) is 2. The van der Waals surface area contributed by atoms with Crippen LogP contribution >= 0.6 is 0 Å². The highest BCUT2D eigenvalue weighted by Crippen LogP contribution is 2.25. The van der Waals surface area contributed by atoms with Crippen molar-refractivity contribution in [2.24, 2.45) is 11.5 Å². The second kappa shape index (κ2) is 15.6. The molecule has 0 saturated carbocycles. The average Bonchev–Trinajstić information content (AvgIpc) is 3.86. The number of rotatable bonds is 8. The number of hydrogen-bond donors (Lipinski definition) is 4. The summed E-state index contributed by atoms with van der Waals surface area (Å²) in [6.07, 6.45) is 2.62. The van der Waals surface area contributed by atoms with Crippen molar-refractivity contribution in [2.75, 3.05) is 23.7 Å². The summed E-state index contributed by atoms with van der Waals surface area (Å²) >= 11 is 0. The molecule has 0 unspecified atom stereocenters. The number of nitrogens with two attached hydrogens (primary N) is 2. The Labute approximate surface area is 291 Å². The Morgan fingerprint density at radius 3 is 1.28 bits per heavy atom. The number of nitrogens with zero attached hydrogens (tertiary/aromatic N) is 2. The quantitative estimate of drug-likeness (QED) is 0.205. The predicted molar refractivity (Wildman–Crippen MR) is 192 cm³/mol. The molecule has 2 fully saturated rings. The third-order valence-corrected chi connectivity index (χ3v) is 9.18. The van der Waals surface area contributed by atoms with Gasteiger partial charge >= 0.3 is 0 Å². The number of carbonyl (C=O) groups is 4. The normalized spacial score (nSPS) is 18.0. The maximum Gasteiger partial charge on any atom is 0.247 e. The molecule has 4 aromatic rings. The molecule has 2 heterocycles. The van der Waals surface area contributed by atoms with Gasteiger partial charge in [-0.05, 0) is 85.3 Å². The Bertz CT molecular complexity index is 1750. The molecule has 0 radical (unpaired) electrons. The van der Waals surface area contributed by atoms with E-state index in [-0.39, 0.29) is 23.6 Å². The van der Waals surface area contributed by atoms with E-state index in [0.29, 0.717) is 48.4 Å². The van der Waals surface area contributed by atoms with Gasteiger partial charge in [-0.1, -0.05) is 72.5 Å². The summed E-state index contributed by atoms with van der Waals surface area (Å²) in [5.74, 6) is 5.24. The van der Waals surface area contributed by atoms with Gasteiger partial charge in [0, 0.05) is 35.6 Å². The van der Waals surface area contributed by atoms with Gasteiger partial charge in [-0.25, -0.2) is 0 Å². The molecule has 0 spiro atoms. The van der Waals surface area contributed by atoms with Gasteiger partial charge in [0.15, 0.2) is 0 Å². The van der Waals surface area contributed by atoms with Crippen molar-refractivity contribution in [1.82, 2.24) is 9.80 Å². The van der Waals surface area contributed by atoms with Gasteiger partial charge in [-0.2, -0.15) is 0 Å². The molecule has 0 bridgehead atoms. The number of benzene rings is 4. The van der Waals surface area contributed by atoms with Crippen molar-refractivity contribution >= 4 is 35.0 Å². The van der Waals surface area contributed by atoms with E-state index in [1.165, 1.54) is 0 Å². The van der Waals surface area contributed by atoms with Crippen molar-refractivity contribution < 1.29 is 19.2 Å². The van der Waals surface area contributed by atoms with Crippen LogP contribution in [-0.4, -0.2) is 58.6 Å². The van der Waals surface area contributed by atoms with Gasteiger partial charge in [-0.3, -0.25) is 19.2 Å². The molecule has 6 rings (SSSR count). The second-order valence-electron chi connectivity index (χ2n) is 12.5. The lowest BCUT2D eigenvalue weighted by Gasteiger charge is -2.27. The van der Waals surface area contributed by atoms with E-state index in [9.17, 15) is 19.2 Å². The third-order valence-electron chi connectivity index (χ3n) is 9.18. The Morgan fingerprint density at radius 1 is 0.560 bits per heavy atom. The lowest BCUT2D eigenvalue weighted by Crippen LogP contribution is -2.46. The SMILES string of the molecule is N[C@@H](C(=O)N1CCC[C@H]1C(=O)Nc1ccc(C#Cc2ccc(NC(=O)[C@@H]3CCCN3C(=O)[C@H](N)c3ccccc3)cc2)cc1)c1ccccc1. The second-order valence-corrected chi connectivity index (χ2v) is 12.5. The number of carbonyl (C=O) groups excluding carboxylic acids is 4. The number of likely N-dealkylation sites (tertiary alicyclic amines) is 2. The van der Waals surface area contributed by atoms with Gasteiger partial charge in [0.1, 0.15) is 24.2 Å². The molecule has 4 atom stereocenters. The van der Waals surface area contributed by atoms with E-state index in [0.717, 1.165) is 24.0 Å². The summed E-state index contributed by atoms with van der Waals surface area (Å²) in [5, 5.41) is 5.86. The van der Waals surface area contributed by atoms with Crippen LogP contribution in [0.1, 0.15) is 60.0 Å². The van der Waals surface area contributed by atoms with E-state index >= 15 is 0 Å². The fraction of sp³-hybridized carbons (Fsp3) is 0.250. The molecule has 0 aromatic heterocycles. The van der Waals surface area contributed by atoms with Gasteiger partial charge in [0.25, 0.3) is 0 Å². The van der Waals surface area contributed by atoms with Crippen LogP contribution in [0.15, 0.2) is 109 Å². The summed E-state index contributed by atoms with van der Waals surface area (Å²) in [5.41, 5.74) is 16.6. The smallest absolute Gasteiger partial charge is 0.247 e. The molecule has 2 saturated heterocycles. The van der Waals surface area contributed by atoms with Crippen LogP contribution in [0.2, 0.25) is 0 Å². The van der Waals surface area contributed by atoms with Crippen molar-refractivity contribution in [3.05, 3.63) is 131 Å². The molecule has 2 aliphatic rings. The first-order valence-corrected chi connectivity index (χ1v) is 16.8. The monoisotopic (exact) mass is 668 g/mol. The van der Waals surface area contributed by atoms with E-state index in [2.05, 4.69) is 22.5 Å². The van der Waals surface area contributed by atoms with Gasteiger partial charge in [0.2, 0.25) is 23.6 Å². The largest absolute Gasteiger partial charge is 0.329 e. The maximum atomic E-state index is 13.2. The maximum absolute atomic E-state index is 13.2. The van der Waals surface area contributed by atoms with E-state index in [1.54, 1.807) is 34.1 Å². The summed E-state index contributed by atoms with van der Waals surface area (Å²) in [6.45, 7) is 0.980. The Kier molecular flexibility index (Phi) is 10.7. The molecule has 50 heavy (non-hydrogen) atoms.